The van der Waals surface area contributed by atoms with Gasteiger partial charge in [-0.25, -0.2) is 9.78 Å². The van der Waals surface area contributed by atoms with E-state index in [1.807, 2.05) is 0 Å². The number of carboxylic acids is 1. The number of aromatic carboxylic acids is 1. The molecule has 2 rings (SSSR count). The van der Waals surface area contributed by atoms with Gasteiger partial charge in [0.05, 0.1) is 6.33 Å². The maximum atomic E-state index is 11.8. The lowest BCUT2D eigenvalue weighted by Gasteiger charge is -2.03. The Morgan fingerprint density at radius 1 is 1.48 bits per heavy atom. The van der Waals surface area contributed by atoms with Gasteiger partial charge in [-0.05, 0) is 0 Å². The zero-order chi connectivity index (χ0) is 15.2. The number of hydrogen-bond donors (Lipinski definition) is 2. The van der Waals surface area contributed by atoms with E-state index in [1.165, 1.54) is 25.7 Å². The van der Waals surface area contributed by atoms with E-state index in [-0.39, 0.29) is 23.9 Å². The summed E-state index contributed by atoms with van der Waals surface area (Å²) in [6.07, 6.45) is 2.78. The molecule has 2 aromatic heterocycles. The van der Waals surface area contributed by atoms with Gasteiger partial charge in [0.1, 0.15) is 6.61 Å². The number of imidazole rings is 1. The lowest BCUT2D eigenvalue weighted by molar-refractivity contribution is 0.0690. The molecule has 0 spiro atoms. The van der Waals surface area contributed by atoms with E-state index in [1.54, 1.807) is 4.57 Å². The molecule has 0 atom stereocenters. The highest BCUT2D eigenvalue weighted by Gasteiger charge is 2.12. The van der Waals surface area contributed by atoms with Gasteiger partial charge in [-0.2, -0.15) is 0 Å². The lowest BCUT2D eigenvalue weighted by atomic mass is 10.3. The quantitative estimate of drug-likeness (QED) is 0.745. The summed E-state index contributed by atoms with van der Waals surface area (Å²) < 4.78 is 11.3. The third-order valence-corrected chi connectivity index (χ3v) is 2.59. The molecule has 0 aliphatic carbocycles. The topological polar surface area (TPSA) is 119 Å². The summed E-state index contributed by atoms with van der Waals surface area (Å²) in [5, 5.41) is 15.0. The van der Waals surface area contributed by atoms with E-state index in [0.29, 0.717) is 18.8 Å². The number of amides is 1. The highest BCUT2D eigenvalue weighted by molar-refractivity contribution is 5.92. The molecule has 0 fully saturated rings. The molecule has 9 nitrogen and oxygen atoms in total. The van der Waals surface area contributed by atoms with Crippen LogP contribution in [0.3, 0.4) is 0 Å². The molecule has 9 heteroatoms. The largest absolute Gasteiger partial charge is 0.476 e. The van der Waals surface area contributed by atoms with Crippen molar-refractivity contribution >= 4 is 11.9 Å². The minimum atomic E-state index is -1.09. The van der Waals surface area contributed by atoms with Crippen LogP contribution in [0.25, 0.3) is 0 Å². The summed E-state index contributed by atoms with van der Waals surface area (Å²) in [5.41, 5.74) is 0.126. The van der Waals surface area contributed by atoms with E-state index >= 15 is 0 Å². The van der Waals surface area contributed by atoms with Crippen molar-refractivity contribution in [2.24, 2.45) is 0 Å². The van der Waals surface area contributed by atoms with Gasteiger partial charge >= 0.3 is 5.97 Å². The molecule has 21 heavy (non-hydrogen) atoms. The number of nitrogens with zero attached hydrogens (tertiary/aromatic N) is 3. The van der Waals surface area contributed by atoms with Gasteiger partial charge in [0, 0.05) is 32.5 Å². The third kappa shape index (κ3) is 3.89. The highest BCUT2D eigenvalue weighted by Crippen LogP contribution is 2.04. The Labute approximate surface area is 119 Å². The number of nitrogens with one attached hydrogen (secondary N) is 1. The zero-order valence-electron chi connectivity index (χ0n) is 11.3. The second-order valence-electron chi connectivity index (χ2n) is 4.17. The first kappa shape index (κ1) is 14.7. The van der Waals surface area contributed by atoms with Gasteiger partial charge in [-0.3, -0.25) is 4.79 Å². The van der Waals surface area contributed by atoms with Crippen molar-refractivity contribution in [3.05, 3.63) is 35.7 Å². The molecule has 112 valence electrons. The molecule has 2 aromatic rings. The van der Waals surface area contributed by atoms with E-state index in [9.17, 15) is 9.59 Å². The number of hydrogen-bond acceptors (Lipinski definition) is 6. The Morgan fingerprint density at radius 3 is 2.95 bits per heavy atom. The lowest BCUT2D eigenvalue weighted by Crippen LogP contribution is -2.27. The number of carbonyl (C=O) groups excluding carboxylic acids is 1. The Hall–Kier alpha value is -2.68. The van der Waals surface area contributed by atoms with E-state index < -0.39 is 5.97 Å². The first-order valence-electron chi connectivity index (χ1n) is 6.08. The highest BCUT2D eigenvalue weighted by atomic mass is 16.5. The molecule has 0 saturated heterocycles. The number of carbonyl (C=O) groups is 2. The van der Waals surface area contributed by atoms with Crippen LogP contribution in [0.15, 0.2) is 23.1 Å². The van der Waals surface area contributed by atoms with Crippen LogP contribution in [0, 0.1) is 0 Å². The molecule has 1 amide bonds. The van der Waals surface area contributed by atoms with Crippen LogP contribution in [-0.2, 0) is 17.9 Å². The van der Waals surface area contributed by atoms with Crippen LogP contribution in [0.4, 0.5) is 0 Å². The fourth-order valence-corrected chi connectivity index (χ4v) is 1.61. The van der Waals surface area contributed by atoms with Crippen LogP contribution in [0.1, 0.15) is 26.7 Å². The van der Waals surface area contributed by atoms with Crippen molar-refractivity contribution in [2.75, 3.05) is 13.7 Å². The molecular weight excluding hydrogens is 280 g/mol. The molecule has 0 aliphatic heterocycles. The second kappa shape index (κ2) is 6.66. The normalized spacial score (nSPS) is 10.5. The SMILES string of the molecule is COCc1cc(C(=O)NCCn2cnc(C(=O)O)c2)no1. The number of ether oxygens (including phenoxy) is 1. The number of rotatable bonds is 7. The first-order valence-corrected chi connectivity index (χ1v) is 6.08. The molecule has 0 aromatic carbocycles. The monoisotopic (exact) mass is 294 g/mol. The standard InChI is InChI=1S/C12H14N4O5/c1-20-6-8-4-9(15-21-8)11(17)13-2-3-16-5-10(12(18)19)14-7-16/h4-5,7H,2-3,6H2,1H3,(H,13,17)(H,18,19). The van der Waals surface area contributed by atoms with Gasteiger partial charge in [0.15, 0.2) is 17.1 Å². The Bertz CT molecular complexity index is 633. The van der Waals surface area contributed by atoms with Crippen molar-refractivity contribution in [1.82, 2.24) is 20.0 Å². The molecular formula is C12H14N4O5. The Kier molecular flexibility index (Phi) is 4.67. The van der Waals surface area contributed by atoms with E-state index in [0.717, 1.165) is 0 Å². The maximum absolute atomic E-state index is 11.8. The average molecular weight is 294 g/mol. The van der Waals surface area contributed by atoms with Gasteiger partial charge in [0.2, 0.25) is 0 Å². The van der Waals surface area contributed by atoms with E-state index in [2.05, 4.69) is 15.5 Å². The summed E-state index contributed by atoms with van der Waals surface area (Å²) in [4.78, 5) is 26.1. The number of aromatic nitrogens is 3. The third-order valence-electron chi connectivity index (χ3n) is 2.59. The molecule has 0 radical (unpaired) electrons. The van der Waals surface area contributed by atoms with Crippen molar-refractivity contribution < 1.29 is 24.0 Å². The van der Waals surface area contributed by atoms with Crippen molar-refractivity contribution in [2.45, 2.75) is 13.2 Å². The second-order valence-corrected chi connectivity index (χ2v) is 4.17. The first-order chi connectivity index (χ1) is 10.1. The molecule has 0 unspecified atom stereocenters. The van der Waals surface area contributed by atoms with Crippen molar-refractivity contribution in [3.8, 4) is 0 Å². The minimum Gasteiger partial charge on any atom is -0.476 e. The van der Waals surface area contributed by atoms with Gasteiger partial charge in [0.25, 0.3) is 5.91 Å². The van der Waals surface area contributed by atoms with Crippen LogP contribution in [0.2, 0.25) is 0 Å². The van der Waals surface area contributed by atoms with Crippen LogP contribution in [0.5, 0.6) is 0 Å². The number of methoxy groups -OCH3 is 1. The summed E-state index contributed by atoms with van der Waals surface area (Å²) in [6, 6.07) is 1.50. The van der Waals surface area contributed by atoms with E-state index in [4.69, 9.17) is 14.4 Å². The smallest absolute Gasteiger partial charge is 0.356 e. The van der Waals surface area contributed by atoms with Gasteiger partial charge in [-0.15, -0.1) is 0 Å². The van der Waals surface area contributed by atoms with Crippen LogP contribution in [-0.4, -0.2) is 45.3 Å². The van der Waals surface area contributed by atoms with Crippen LogP contribution < -0.4 is 5.32 Å². The van der Waals surface area contributed by atoms with Crippen LogP contribution >= 0.6 is 0 Å². The predicted octanol–water partition coefficient (Wildman–Crippen LogP) is 0.146. The minimum absolute atomic E-state index is 0.0398. The predicted molar refractivity (Wildman–Crippen MR) is 68.7 cm³/mol. The van der Waals surface area contributed by atoms with Crippen molar-refractivity contribution in [1.29, 1.82) is 0 Å². The molecule has 0 saturated carbocycles. The molecule has 0 bridgehead atoms. The summed E-state index contributed by atoms with van der Waals surface area (Å²) in [5.74, 6) is -1.01. The average Bonchev–Trinajstić information content (AvgIpc) is 3.08. The fourth-order valence-electron chi connectivity index (χ4n) is 1.61. The summed E-state index contributed by atoms with van der Waals surface area (Å²) in [7, 11) is 1.51. The Morgan fingerprint density at radius 2 is 2.29 bits per heavy atom. The molecule has 0 aliphatic rings. The number of carboxylic acid groups (broad SMARTS) is 1. The maximum Gasteiger partial charge on any atom is 0.356 e. The zero-order valence-corrected chi connectivity index (χ0v) is 11.3. The van der Waals surface area contributed by atoms with Gasteiger partial charge < -0.3 is 24.3 Å². The molecule has 2 heterocycles. The van der Waals surface area contributed by atoms with Crippen molar-refractivity contribution in [3.63, 3.8) is 0 Å². The summed E-state index contributed by atoms with van der Waals surface area (Å²) >= 11 is 0. The molecule has 2 N–H and O–H groups in total. The summed E-state index contributed by atoms with van der Waals surface area (Å²) in [6.45, 7) is 0.947. The Balaban J connectivity index is 1.81. The van der Waals surface area contributed by atoms with Gasteiger partial charge in [-0.1, -0.05) is 5.16 Å². The fraction of sp³-hybridized carbons (Fsp3) is 0.333.